The van der Waals surface area contributed by atoms with Crippen LogP contribution in [0.3, 0.4) is 0 Å². The summed E-state index contributed by atoms with van der Waals surface area (Å²) in [5, 5.41) is 4.36. The molecular formula is C11H16N4O. The van der Waals surface area contributed by atoms with Crippen LogP contribution in [-0.4, -0.2) is 21.3 Å². The van der Waals surface area contributed by atoms with Gasteiger partial charge in [-0.2, -0.15) is 5.10 Å². The zero-order valence-corrected chi connectivity index (χ0v) is 9.60. The highest BCUT2D eigenvalue weighted by molar-refractivity contribution is 5.51. The van der Waals surface area contributed by atoms with Crippen LogP contribution in [0.2, 0.25) is 0 Å². The first-order valence-electron chi connectivity index (χ1n) is 5.42. The number of hydrogen-bond donors (Lipinski definition) is 1. The van der Waals surface area contributed by atoms with E-state index in [0.29, 0.717) is 18.9 Å². The molecule has 2 rings (SSSR count). The Bertz CT molecular complexity index is 472. The monoisotopic (exact) mass is 220 g/mol. The van der Waals surface area contributed by atoms with Crippen molar-refractivity contribution in [3.63, 3.8) is 0 Å². The van der Waals surface area contributed by atoms with Gasteiger partial charge in [0.15, 0.2) is 11.7 Å². The van der Waals surface area contributed by atoms with Crippen molar-refractivity contribution in [1.29, 1.82) is 0 Å². The second-order valence-electron chi connectivity index (χ2n) is 3.66. The summed E-state index contributed by atoms with van der Waals surface area (Å²) in [6.07, 6.45) is 3.30. The van der Waals surface area contributed by atoms with Crippen molar-refractivity contribution >= 4 is 0 Å². The minimum absolute atomic E-state index is 0.547. The van der Waals surface area contributed by atoms with Gasteiger partial charge in [0.2, 0.25) is 0 Å². The van der Waals surface area contributed by atoms with Gasteiger partial charge in [-0.15, -0.1) is 0 Å². The van der Waals surface area contributed by atoms with Gasteiger partial charge in [0.25, 0.3) is 0 Å². The average Bonchev–Trinajstić information content (AvgIpc) is 2.85. The molecule has 0 fully saturated rings. The molecule has 0 bridgehead atoms. The first-order valence-corrected chi connectivity index (χ1v) is 5.42. The Kier molecular flexibility index (Phi) is 3.05. The highest BCUT2D eigenvalue weighted by atomic mass is 16.4. The molecule has 0 amide bonds. The van der Waals surface area contributed by atoms with Crippen molar-refractivity contribution in [2.24, 2.45) is 12.8 Å². The molecule has 0 aliphatic heterocycles. The van der Waals surface area contributed by atoms with Gasteiger partial charge in [-0.05, 0) is 12.5 Å². The van der Waals surface area contributed by atoms with E-state index in [1.807, 2.05) is 17.8 Å². The lowest BCUT2D eigenvalue weighted by atomic mass is 10.3. The fourth-order valence-electron chi connectivity index (χ4n) is 1.60. The second-order valence-corrected chi connectivity index (χ2v) is 3.66. The van der Waals surface area contributed by atoms with Crippen molar-refractivity contribution < 1.29 is 4.42 Å². The smallest absolute Gasteiger partial charge is 0.196 e. The maximum Gasteiger partial charge on any atom is 0.196 e. The average molecular weight is 220 g/mol. The van der Waals surface area contributed by atoms with Crippen molar-refractivity contribution in [3.05, 3.63) is 23.8 Å². The van der Waals surface area contributed by atoms with Crippen LogP contribution in [0.25, 0.3) is 11.5 Å². The van der Waals surface area contributed by atoms with E-state index < -0.39 is 0 Å². The van der Waals surface area contributed by atoms with Crippen LogP contribution in [0.4, 0.5) is 0 Å². The number of hydrogen-bond acceptors (Lipinski definition) is 4. The molecule has 2 aromatic rings. The predicted molar refractivity (Wildman–Crippen MR) is 60.8 cm³/mol. The molecule has 86 valence electrons. The Balaban J connectivity index is 2.30. The van der Waals surface area contributed by atoms with Crippen LogP contribution in [-0.2, 0) is 19.9 Å². The third-order valence-electron chi connectivity index (χ3n) is 2.46. The maximum atomic E-state index is 5.60. The van der Waals surface area contributed by atoms with Gasteiger partial charge in [0, 0.05) is 20.0 Å². The zero-order chi connectivity index (χ0) is 11.5. The fraction of sp³-hybridized carbons (Fsp3) is 0.455. The number of nitrogens with zero attached hydrogens (tertiary/aromatic N) is 3. The standard InChI is InChI=1S/C11H16N4O/c1-3-8-6-9(15(2)14-8)10-7-13-11(16-10)4-5-12/h6-7H,3-5,12H2,1-2H3. The van der Waals surface area contributed by atoms with E-state index in [1.165, 1.54) is 0 Å². The highest BCUT2D eigenvalue weighted by Gasteiger charge is 2.11. The molecule has 16 heavy (non-hydrogen) atoms. The summed E-state index contributed by atoms with van der Waals surface area (Å²) < 4.78 is 7.41. The molecule has 2 heterocycles. The topological polar surface area (TPSA) is 69.9 Å². The lowest BCUT2D eigenvalue weighted by Crippen LogP contribution is -2.02. The minimum atomic E-state index is 0.547. The van der Waals surface area contributed by atoms with Gasteiger partial charge in [-0.25, -0.2) is 4.98 Å². The molecular weight excluding hydrogens is 204 g/mol. The van der Waals surface area contributed by atoms with Crippen molar-refractivity contribution in [3.8, 4) is 11.5 Å². The number of rotatable bonds is 4. The lowest BCUT2D eigenvalue weighted by molar-refractivity contribution is 0.503. The summed E-state index contributed by atoms with van der Waals surface area (Å²) in [5.74, 6) is 1.43. The van der Waals surface area contributed by atoms with Crippen molar-refractivity contribution in [2.75, 3.05) is 6.54 Å². The molecule has 0 unspecified atom stereocenters. The van der Waals surface area contributed by atoms with Crippen LogP contribution in [0.15, 0.2) is 16.7 Å². The van der Waals surface area contributed by atoms with Crippen molar-refractivity contribution in [1.82, 2.24) is 14.8 Å². The van der Waals surface area contributed by atoms with E-state index in [4.69, 9.17) is 10.2 Å². The van der Waals surface area contributed by atoms with E-state index in [9.17, 15) is 0 Å². The molecule has 0 atom stereocenters. The molecule has 5 heteroatoms. The van der Waals surface area contributed by atoms with E-state index in [2.05, 4.69) is 17.0 Å². The van der Waals surface area contributed by atoms with Gasteiger partial charge in [0.1, 0.15) is 5.69 Å². The summed E-state index contributed by atoms with van der Waals surface area (Å²) in [7, 11) is 1.90. The Morgan fingerprint density at radius 2 is 2.31 bits per heavy atom. The van der Waals surface area contributed by atoms with Gasteiger partial charge in [-0.3, -0.25) is 4.68 Å². The first kappa shape index (κ1) is 10.9. The van der Waals surface area contributed by atoms with E-state index in [0.717, 1.165) is 23.6 Å². The third kappa shape index (κ3) is 1.99. The summed E-state index contributed by atoms with van der Waals surface area (Å²) in [6, 6.07) is 2.02. The Morgan fingerprint density at radius 1 is 1.50 bits per heavy atom. The molecule has 2 N–H and O–H groups in total. The van der Waals surface area contributed by atoms with Crippen molar-refractivity contribution in [2.45, 2.75) is 19.8 Å². The Labute approximate surface area is 94.3 Å². The summed E-state index contributed by atoms with van der Waals surface area (Å²) >= 11 is 0. The molecule has 0 spiro atoms. The van der Waals surface area contributed by atoms with Crippen LogP contribution < -0.4 is 5.73 Å². The van der Waals surface area contributed by atoms with Crippen LogP contribution in [0.1, 0.15) is 18.5 Å². The highest BCUT2D eigenvalue weighted by Crippen LogP contribution is 2.21. The predicted octanol–water partition coefficient (Wildman–Crippen LogP) is 1.14. The largest absolute Gasteiger partial charge is 0.439 e. The fourth-order valence-corrected chi connectivity index (χ4v) is 1.60. The first-order chi connectivity index (χ1) is 7.74. The molecule has 0 aliphatic carbocycles. The van der Waals surface area contributed by atoms with E-state index in [-0.39, 0.29) is 0 Å². The second kappa shape index (κ2) is 4.49. The van der Waals surface area contributed by atoms with Gasteiger partial charge < -0.3 is 10.2 Å². The van der Waals surface area contributed by atoms with Gasteiger partial charge in [-0.1, -0.05) is 6.92 Å². The van der Waals surface area contributed by atoms with Gasteiger partial charge >= 0.3 is 0 Å². The molecule has 2 aromatic heterocycles. The Hall–Kier alpha value is -1.62. The molecule has 5 nitrogen and oxygen atoms in total. The van der Waals surface area contributed by atoms with Crippen LogP contribution in [0.5, 0.6) is 0 Å². The lowest BCUT2D eigenvalue weighted by Gasteiger charge is -1.95. The summed E-state index contributed by atoms with van der Waals surface area (Å²) in [6.45, 7) is 2.62. The van der Waals surface area contributed by atoms with E-state index in [1.54, 1.807) is 6.20 Å². The number of nitrogens with two attached hydrogens (primary N) is 1. The van der Waals surface area contributed by atoms with E-state index >= 15 is 0 Å². The molecule has 0 radical (unpaired) electrons. The summed E-state index contributed by atoms with van der Waals surface area (Å²) in [4.78, 5) is 4.17. The number of oxazole rings is 1. The van der Waals surface area contributed by atoms with Gasteiger partial charge in [0.05, 0.1) is 11.9 Å². The molecule has 0 saturated heterocycles. The molecule has 0 aromatic carbocycles. The van der Waals surface area contributed by atoms with Crippen LogP contribution >= 0.6 is 0 Å². The van der Waals surface area contributed by atoms with Crippen LogP contribution in [0, 0.1) is 0 Å². The zero-order valence-electron chi connectivity index (χ0n) is 9.60. The minimum Gasteiger partial charge on any atom is -0.439 e. The molecule has 0 aliphatic rings. The quantitative estimate of drug-likeness (QED) is 0.838. The number of aromatic nitrogens is 3. The normalized spacial score (nSPS) is 10.9. The SMILES string of the molecule is CCc1cc(-c2cnc(CCN)o2)n(C)n1. The summed E-state index contributed by atoms with van der Waals surface area (Å²) in [5.41, 5.74) is 7.45. The third-order valence-corrected chi connectivity index (χ3v) is 2.46. The Morgan fingerprint density at radius 3 is 2.94 bits per heavy atom. The maximum absolute atomic E-state index is 5.60. The molecule has 0 saturated carbocycles. The number of aryl methyl sites for hydroxylation is 2.